The largest absolute Gasteiger partial charge is 0.480 e. The van der Waals surface area contributed by atoms with Crippen LogP contribution in [0.1, 0.15) is 50.2 Å². The van der Waals surface area contributed by atoms with Gasteiger partial charge in [-0.25, -0.2) is 9.59 Å². The first-order chi connectivity index (χ1) is 16.3. The highest BCUT2D eigenvalue weighted by molar-refractivity contribution is 5.87. The topological polar surface area (TPSA) is 95.9 Å². The molecule has 1 unspecified atom stereocenters. The van der Waals surface area contributed by atoms with Gasteiger partial charge in [-0.05, 0) is 46.9 Å². The fourth-order valence-corrected chi connectivity index (χ4v) is 5.78. The Balaban J connectivity index is 1.14. The van der Waals surface area contributed by atoms with Crippen LogP contribution in [0, 0.1) is 11.3 Å². The summed E-state index contributed by atoms with van der Waals surface area (Å²) >= 11 is 0. The van der Waals surface area contributed by atoms with Gasteiger partial charge < -0.3 is 20.1 Å². The van der Waals surface area contributed by atoms with Crippen LogP contribution in [-0.2, 0) is 14.3 Å². The van der Waals surface area contributed by atoms with Crippen LogP contribution >= 0.6 is 0 Å². The van der Waals surface area contributed by atoms with Crippen molar-refractivity contribution in [2.75, 3.05) is 13.2 Å². The SMILES string of the molecule is CC1(C)CCN(C(=O)C2CC(NC(=O)OCC3c4ccccc4-c4ccccc43)C2)C1C(=O)O. The minimum absolute atomic E-state index is 0.000315. The fourth-order valence-electron chi connectivity index (χ4n) is 5.78. The zero-order valence-corrected chi connectivity index (χ0v) is 19.5. The fraction of sp³-hybridized carbons (Fsp3) is 0.444. The molecule has 1 atom stereocenters. The molecule has 1 heterocycles. The highest BCUT2D eigenvalue weighted by Gasteiger charge is 2.50. The van der Waals surface area contributed by atoms with E-state index in [9.17, 15) is 19.5 Å². The molecule has 1 saturated carbocycles. The van der Waals surface area contributed by atoms with Gasteiger partial charge in [-0.2, -0.15) is 0 Å². The van der Waals surface area contributed by atoms with Crippen LogP contribution < -0.4 is 5.32 Å². The van der Waals surface area contributed by atoms with Crippen molar-refractivity contribution in [3.05, 3.63) is 59.7 Å². The van der Waals surface area contributed by atoms with E-state index in [0.717, 1.165) is 11.1 Å². The van der Waals surface area contributed by atoms with Gasteiger partial charge in [0.2, 0.25) is 5.91 Å². The first kappa shape index (κ1) is 22.4. The van der Waals surface area contributed by atoms with E-state index < -0.39 is 23.5 Å². The lowest BCUT2D eigenvalue weighted by atomic mass is 9.78. The van der Waals surface area contributed by atoms with Gasteiger partial charge in [0.05, 0.1) is 0 Å². The van der Waals surface area contributed by atoms with Crippen LogP contribution in [0.4, 0.5) is 4.79 Å². The predicted molar refractivity (Wildman–Crippen MR) is 126 cm³/mol. The van der Waals surface area contributed by atoms with Crippen LogP contribution in [-0.4, -0.2) is 53.2 Å². The summed E-state index contributed by atoms with van der Waals surface area (Å²) in [5, 5.41) is 12.5. The third kappa shape index (κ3) is 3.83. The smallest absolute Gasteiger partial charge is 0.407 e. The third-order valence-electron chi connectivity index (χ3n) is 7.72. The standard InChI is InChI=1S/C27H30N2O5/c1-27(2)11-12-29(23(27)25(31)32)24(30)16-13-17(14-16)28-26(33)34-15-22-20-9-5-3-7-18(20)19-8-4-6-10-21(19)22/h3-10,16-17,22-23H,11-15H2,1-2H3,(H,28,33)(H,31,32). The van der Waals surface area contributed by atoms with Gasteiger partial charge in [0.1, 0.15) is 12.6 Å². The number of aliphatic carboxylic acids is 1. The summed E-state index contributed by atoms with van der Waals surface area (Å²) in [6, 6.07) is 15.4. The number of carbonyl (C=O) groups excluding carboxylic acids is 2. The maximum atomic E-state index is 12.9. The second-order valence-electron chi connectivity index (χ2n) is 10.3. The molecule has 2 aromatic rings. The molecule has 7 heteroatoms. The summed E-state index contributed by atoms with van der Waals surface area (Å²) in [5.41, 5.74) is 4.23. The Morgan fingerprint density at radius 1 is 1.03 bits per heavy atom. The number of fused-ring (bicyclic) bond motifs is 3. The van der Waals surface area contributed by atoms with Crippen LogP contribution in [0.2, 0.25) is 0 Å². The average Bonchev–Trinajstić information content (AvgIpc) is 3.28. The van der Waals surface area contributed by atoms with E-state index in [-0.39, 0.29) is 30.4 Å². The summed E-state index contributed by atoms with van der Waals surface area (Å²) in [4.78, 5) is 38.6. The van der Waals surface area contributed by atoms with Gasteiger partial charge >= 0.3 is 12.1 Å². The average molecular weight is 463 g/mol. The van der Waals surface area contributed by atoms with E-state index >= 15 is 0 Å². The van der Waals surface area contributed by atoms with Gasteiger partial charge in [0, 0.05) is 24.4 Å². The van der Waals surface area contributed by atoms with Crippen molar-refractivity contribution < 1.29 is 24.2 Å². The zero-order chi connectivity index (χ0) is 24.0. The Hall–Kier alpha value is -3.35. The third-order valence-corrected chi connectivity index (χ3v) is 7.72. The van der Waals surface area contributed by atoms with Gasteiger partial charge in [-0.3, -0.25) is 4.79 Å². The molecule has 1 saturated heterocycles. The summed E-state index contributed by atoms with van der Waals surface area (Å²) in [6.07, 6.45) is 1.20. The number of carboxylic acid groups (broad SMARTS) is 1. The summed E-state index contributed by atoms with van der Waals surface area (Å²) < 4.78 is 5.59. The number of ether oxygens (including phenoxy) is 1. The molecule has 0 radical (unpaired) electrons. The number of amides is 2. The number of alkyl carbamates (subject to hydrolysis) is 1. The van der Waals surface area contributed by atoms with Gasteiger partial charge in [-0.1, -0.05) is 62.4 Å². The minimum atomic E-state index is -0.955. The zero-order valence-electron chi connectivity index (χ0n) is 19.5. The van der Waals surface area contributed by atoms with Gasteiger partial charge in [-0.15, -0.1) is 0 Å². The molecule has 2 N–H and O–H groups in total. The second-order valence-corrected chi connectivity index (χ2v) is 10.3. The van der Waals surface area contributed by atoms with Crippen molar-refractivity contribution >= 4 is 18.0 Å². The molecule has 7 nitrogen and oxygen atoms in total. The Kier molecular flexibility index (Phi) is 5.58. The first-order valence-corrected chi connectivity index (χ1v) is 11.9. The maximum Gasteiger partial charge on any atom is 0.407 e. The number of carbonyl (C=O) groups is 3. The Morgan fingerprint density at radius 3 is 2.21 bits per heavy atom. The van der Waals surface area contributed by atoms with E-state index in [1.54, 1.807) is 0 Å². The molecule has 1 aliphatic heterocycles. The highest BCUT2D eigenvalue weighted by atomic mass is 16.5. The molecular formula is C27H30N2O5. The lowest BCUT2D eigenvalue weighted by Crippen LogP contribution is -2.54. The second kappa shape index (κ2) is 8.46. The molecule has 0 spiro atoms. The Morgan fingerprint density at radius 2 is 1.62 bits per heavy atom. The van der Waals surface area contributed by atoms with Crippen LogP contribution in [0.5, 0.6) is 0 Å². The van der Waals surface area contributed by atoms with Crippen molar-refractivity contribution in [3.63, 3.8) is 0 Å². The first-order valence-electron chi connectivity index (χ1n) is 11.9. The van der Waals surface area contributed by atoms with Crippen molar-refractivity contribution in [1.29, 1.82) is 0 Å². The number of hydrogen-bond donors (Lipinski definition) is 2. The number of rotatable bonds is 5. The molecule has 3 aliphatic rings. The van der Waals surface area contributed by atoms with Gasteiger partial charge in [0.25, 0.3) is 0 Å². The number of nitrogens with zero attached hydrogens (tertiary/aromatic N) is 1. The Labute approximate surface area is 199 Å². The molecule has 5 rings (SSSR count). The maximum absolute atomic E-state index is 12.9. The number of nitrogens with one attached hydrogen (secondary N) is 1. The summed E-state index contributed by atoms with van der Waals surface area (Å²) in [6.45, 7) is 4.49. The minimum Gasteiger partial charge on any atom is -0.480 e. The summed E-state index contributed by atoms with van der Waals surface area (Å²) in [7, 11) is 0. The molecule has 2 aliphatic carbocycles. The number of carboxylic acids is 1. The van der Waals surface area contributed by atoms with Crippen LogP contribution in [0.15, 0.2) is 48.5 Å². The molecule has 0 aromatic heterocycles. The van der Waals surface area contributed by atoms with E-state index in [1.165, 1.54) is 16.0 Å². The quantitative estimate of drug-likeness (QED) is 0.700. The van der Waals surface area contributed by atoms with Crippen molar-refractivity contribution in [3.8, 4) is 11.1 Å². The molecule has 2 fully saturated rings. The molecule has 2 aromatic carbocycles. The van der Waals surface area contributed by atoms with Crippen molar-refractivity contribution in [2.45, 2.75) is 51.1 Å². The monoisotopic (exact) mass is 462 g/mol. The normalized spacial score (nSPS) is 24.6. The van der Waals surface area contributed by atoms with Gasteiger partial charge in [0.15, 0.2) is 0 Å². The summed E-state index contributed by atoms with van der Waals surface area (Å²) in [5.74, 6) is -1.33. The highest BCUT2D eigenvalue weighted by Crippen LogP contribution is 2.44. The lowest BCUT2D eigenvalue weighted by Gasteiger charge is -2.38. The Bertz CT molecular complexity index is 1090. The lowest BCUT2D eigenvalue weighted by molar-refractivity contribution is -0.154. The van der Waals surface area contributed by atoms with Crippen molar-refractivity contribution in [1.82, 2.24) is 10.2 Å². The molecule has 2 amide bonds. The van der Waals surface area contributed by atoms with E-state index in [4.69, 9.17) is 4.74 Å². The van der Waals surface area contributed by atoms with Crippen LogP contribution in [0.25, 0.3) is 11.1 Å². The molecule has 0 bridgehead atoms. The van der Waals surface area contributed by atoms with E-state index in [0.29, 0.717) is 25.8 Å². The molecular weight excluding hydrogens is 432 g/mol. The van der Waals surface area contributed by atoms with E-state index in [1.807, 2.05) is 38.1 Å². The van der Waals surface area contributed by atoms with Crippen LogP contribution in [0.3, 0.4) is 0 Å². The predicted octanol–water partition coefficient (Wildman–Crippen LogP) is 4.02. The van der Waals surface area contributed by atoms with Crippen molar-refractivity contribution in [2.24, 2.45) is 11.3 Å². The van der Waals surface area contributed by atoms with E-state index in [2.05, 4.69) is 29.6 Å². The molecule has 178 valence electrons. The molecule has 34 heavy (non-hydrogen) atoms. The number of hydrogen-bond acceptors (Lipinski definition) is 4. The number of benzene rings is 2. The number of likely N-dealkylation sites (tertiary alicyclic amines) is 1.